The number of aryl methyl sites for hydroxylation is 1. The number of thiophene rings is 1. The Morgan fingerprint density at radius 1 is 1.48 bits per heavy atom. The number of likely N-dealkylation sites (tertiary alicyclic amines) is 1. The topological polar surface area (TPSA) is 68.5 Å². The average molecular weight is 331 g/mol. The first-order valence-corrected chi connectivity index (χ1v) is 8.53. The van der Waals surface area contributed by atoms with Crippen molar-refractivity contribution in [2.45, 2.75) is 25.6 Å². The molecule has 120 valence electrons. The van der Waals surface area contributed by atoms with Crippen molar-refractivity contribution in [1.29, 1.82) is 0 Å². The Morgan fingerprint density at radius 2 is 2.39 bits per heavy atom. The zero-order chi connectivity index (χ0) is 15.8. The molecule has 1 amide bonds. The van der Waals surface area contributed by atoms with Gasteiger partial charge >= 0.3 is 0 Å². The number of rotatable bonds is 3. The molecular weight excluding hydrogens is 314 g/mol. The molecule has 0 radical (unpaired) electrons. The van der Waals surface area contributed by atoms with E-state index in [0.29, 0.717) is 24.2 Å². The van der Waals surface area contributed by atoms with Gasteiger partial charge in [0.25, 0.3) is 5.89 Å². The number of hydrogen-bond donors (Lipinski definition) is 0. The van der Waals surface area contributed by atoms with Crippen LogP contribution in [-0.4, -0.2) is 40.1 Å². The maximum absolute atomic E-state index is 12.3. The third kappa shape index (κ3) is 2.94. The monoisotopic (exact) mass is 331 g/mol. The first-order chi connectivity index (χ1) is 11.2. The zero-order valence-electron chi connectivity index (χ0n) is 12.7. The van der Waals surface area contributed by atoms with Gasteiger partial charge in [0.2, 0.25) is 5.91 Å². The molecule has 0 aliphatic carbocycles. The molecule has 2 aliphatic heterocycles. The van der Waals surface area contributed by atoms with Crippen molar-refractivity contribution in [3.8, 4) is 0 Å². The van der Waals surface area contributed by atoms with Crippen molar-refractivity contribution in [3.05, 3.63) is 40.2 Å². The quantitative estimate of drug-likeness (QED) is 0.808. The SMILES string of the molecule is Cc1noc([C@@H]2C[C@H]3CN(C(=O)/C=C/c4cccs4)C[C@H]3O2)n1. The lowest BCUT2D eigenvalue weighted by atomic mass is 10.0. The first-order valence-electron chi connectivity index (χ1n) is 7.65. The predicted octanol–water partition coefficient (Wildman–Crippen LogP) is 2.44. The highest BCUT2D eigenvalue weighted by Crippen LogP contribution is 2.40. The molecule has 23 heavy (non-hydrogen) atoms. The summed E-state index contributed by atoms with van der Waals surface area (Å²) in [6.45, 7) is 3.15. The van der Waals surface area contributed by atoms with Crippen LogP contribution < -0.4 is 0 Å². The van der Waals surface area contributed by atoms with Gasteiger partial charge in [0.1, 0.15) is 6.10 Å². The standard InChI is InChI=1S/C16H17N3O3S/c1-10-17-16(22-18-10)13-7-11-8-19(9-14(11)21-13)15(20)5-4-12-3-2-6-23-12/h2-6,11,13-14H,7-9H2,1H3/b5-4+/t11-,13-,14+/m0/s1. The number of hydrogen-bond acceptors (Lipinski definition) is 6. The highest BCUT2D eigenvalue weighted by Gasteiger charge is 2.45. The molecule has 2 aromatic rings. The van der Waals surface area contributed by atoms with E-state index in [-0.39, 0.29) is 18.1 Å². The Kier molecular flexibility index (Phi) is 3.74. The third-order valence-electron chi connectivity index (χ3n) is 4.30. The summed E-state index contributed by atoms with van der Waals surface area (Å²) in [5.41, 5.74) is 0. The largest absolute Gasteiger partial charge is 0.363 e. The summed E-state index contributed by atoms with van der Waals surface area (Å²) in [4.78, 5) is 19.5. The van der Waals surface area contributed by atoms with Crippen LogP contribution in [-0.2, 0) is 9.53 Å². The molecule has 3 atom stereocenters. The maximum atomic E-state index is 12.3. The van der Waals surface area contributed by atoms with Gasteiger partial charge in [0.15, 0.2) is 5.82 Å². The number of carbonyl (C=O) groups excluding carboxylic acids is 1. The molecule has 2 aromatic heterocycles. The van der Waals surface area contributed by atoms with E-state index in [9.17, 15) is 4.79 Å². The highest BCUT2D eigenvalue weighted by atomic mass is 32.1. The fourth-order valence-electron chi connectivity index (χ4n) is 3.19. The first kappa shape index (κ1) is 14.6. The van der Waals surface area contributed by atoms with Crippen LogP contribution in [0.1, 0.15) is 29.1 Å². The van der Waals surface area contributed by atoms with Gasteiger partial charge in [-0.3, -0.25) is 4.79 Å². The second kappa shape index (κ2) is 5.90. The van der Waals surface area contributed by atoms with Crippen molar-refractivity contribution in [2.24, 2.45) is 5.92 Å². The van der Waals surface area contributed by atoms with Crippen LogP contribution >= 0.6 is 11.3 Å². The van der Waals surface area contributed by atoms with Gasteiger partial charge in [-0.15, -0.1) is 11.3 Å². The predicted molar refractivity (Wildman–Crippen MR) is 84.7 cm³/mol. The molecule has 2 fully saturated rings. The van der Waals surface area contributed by atoms with Gasteiger partial charge in [-0.05, 0) is 30.9 Å². The van der Waals surface area contributed by atoms with Crippen molar-refractivity contribution in [2.75, 3.05) is 13.1 Å². The summed E-state index contributed by atoms with van der Waals surface area (Å²) < 4.78 is 11.2. The van der Waals surface area contributed by atoms with Crippen molar-refractivity contribution in [1.82, 2.24) is 15.0 Å². The van der Waals surface area contributed by atoms with Crippen LogP contribution in [0.15, 0.2) is 28.1 Å². The van der Waals surface area contributed by atoms with Crippen LogP contribution in [0.25, 0.3) is 6.08 Å². The Hall–Kier alpha value is -1.99. The lowest BCUT2D eigenvalue weighted by molar-refractivity contribution is -0.126. The van der Waals surface area contributed by atoms with E-state index in [1.807, 2.05) is 28.5 Å². The molecular formula is C16H17N3O3S. The van der Waals surface area contributed by atoms with Gasteiger partial charge < -0.3 is 14.2 Å². The molecule has 6 nitrogen and oxygen atoms in total. The third-order valence-corrected chi connectivity index (χ3v) is 5.14. The van der Waals surface area contributed by atoms with E-state index in [1.54, 1.807) is 24.3 Å². The molecule has 0 N–H and O–H groups in total. The van der Waals surface area contributed by atoms with E-state index >= 15 is 0 Å². The molecule has 7 heteroatoms. The molecule has 2 saturated heterocycles. The summed E-state index contributed by atoms with van der Waals surface area (Å²) in [6, 6.07) is 3.97. The molecule has 4 rings (SSSR count). The van der Waals surface area contributed by atoms with Gasteiger partial charge in [-0.2, -0.15) is 4.98 Å². The number of fused-ring (bicyclic) bond motifs is 1. The summed E-state index contributed by atoms with van der Waals surface area (Å²) in [5, 5.41) is 5.81. The molecule has 0 saturated carbocycles. The normalized spacial score (nSPS) is 27.0. The van der Waals surface area contributed by atoms with E-state index in [2.05, 4.69) is 10.1 Å². The summed E-state index contributed by atoms with van der Waals surface area (Å²) >= 11 is 1.62. The molecule has 0 bridgehead atoms. The van der Waals surface area contributed by atoms with Crippen LogP contribution in [0.2, 0.25) is 0 Å². The van der Waals surface area contributed by atoms with Crippen molar-refractivity contribution < 1.29 is 14.1 Å². The van der Waals surface area contributed by atoms with Crippen LogP contribution in [0.4, 0.5) is 0 Å². The fourth-order valence-corrected chi connectivity index (χ4v) is 3.81. The average Bonchev–Trinajstić information content (AvgIpc) is 3.27. The minimum Gasteiger partial charge on any atom is -0.363 e. The highest BCUT2D eigenvalue weighted by molar-refractivity contribution is 7.10. The summed E-state index contributed by atoms with van der Waals surface area (Å²) in [7, 11) is 0. The van der Waals surface area contributed by atoms with E-state index in [0.717, 1.165) is 17.8 Å². The lowest BCUT2D eigenvalue weighted by Crippen LogP contribution is -2.29. The second-order valence-electron chi connectivity index (χ2n) is 5.93. The number of ether oxygens (including phenoxy) is 1. The summed E-state index contributed by atoms with van der Waals surface area (Å²) in [5.74, 6) is 1.55. The van der Waals surface area contributed by atoms with Crippen molar-refractivity contribution in [3.63, 3.8) is 0 Å². The minimum atomic E-state index is -0.134. The van der Waals surface area contributed by atoms with Crippen LogP contribution in [0.5, 0.6) is 0 Å². The van der Waals surface area contributed by atoms with Gasteiger partial charge in [0, 0.05) is 30.0 Å². The van der Waals surface area contributed by atoms with Gasteiger partial charge in [0.05, 0.1) is 6.10 Å². The van der Waals surface area contributed by atoms with E-state index in [4.69, 9.17) is 9.26 Å². The van der Waals surface area contributed by atoms with E-state index < -0.39 is 0 Å². The Balaban J connectivity index is 1.35. The number of amides is 1. The number of aromatic nitrogens is 2. The Morgan fingerprint density at radius 3 is 3.09 bits per heavy atom. The number of carbonyl (C=O) groups is 1. The number of nitrogens with zero attached hydrogens (tertiary/aromatic N) is 3. The van der Waals surface area contributed by atoms with Gasteiger partial charge in [-0.25, -0.2) is 0 Å². The molecule has 0 unspecified atom stereocenters. The molecule has 4 heterocycles. The van der Waals surface area contributed by atoms with E-state index in [1.165, 1.54) is 0 Å². The second-order valence-corrected chi connectivity index (χ2v) is 6.91. The Labute approximate surface area is 137 Å². The molecule has 2 aliphatic rings. The zero-order valence-corrected chi connectivity index (χ0v) is 13.5. The van der Waals surface area contributed by atoms with Gasteiger partial charge in [-0.1, -0.05) is 11.2 Å². The summed E-state index contributed by atoms with van der Waals surface area (Å²) in [6.07, 6.45) is 4.26. The molecule has 0 spiro atoms. The maximum Gasteiger partial charge on any atom is 0.255 e. The Bertz CT molecular complexity index is 711. The fraction of sp³-hybridized carbons (Fsp3) is 0.438. The molecule has 0 aromatic carbocycles. The minimum absolute atomic E-state index is 0.0431. The van der Waals surface area contributed by atoms with Crippen LogP contribution in [0.3, 0.4) is 0 Å². The van der Waals surface area contributed by atoms with Crippen molar-refractivity contribution >= 4 is 23.3 Å². The lowest BCUT2D eigenvalue weighted by Gasteiger charge is -2.16. The smallest absolute Gasteiger partial charge is 0.255 e. The van der Waals surface area contributed by atoms with Crippen LogP contribution in [0, 0.1) is 12.8 Å².